The summed E-state index contributed by atoms with van der Waals surface area (Å²) in [6, 6.07) is 9.23. The van der Waals surface area contributed by atoms with Crippen molar-refractivity contribution < 1.29 is 19.7 Å². The summed E-state index contributed by atoms with van der Waals surface area (Å²) >= 11 is 0. The topological polar surface area (TPSA) is 66.8 Å². The number of hydrogen-bond donors (Lipinski definition) is 2. The quantitative estimate of drug-likeness (QED) is 0.874. The van der Waals surface area contributed by atoms with E-state index in [1.165, 1.54) is 0 Å². The second-order valence-corrected chi connectivity index (χ2v) is 5.51. The fraction of sp³-hybridized carbons (Fsp3) is 0.533. The number of rotatable bonds is 4. The molecular weight excluding hydrogens is 244 g/mol. The van der Waals surface area contributed by atoms with Gasteiger partial charge in [-0.3, -0.25) is 4.79 Å². The third-order valence-electron chi connectivity index (χ3n) is 3.98. The van der Waals surface area contributed by atoms with Crippen molar-refractivity contribution in [1.82, 2.24) is 0 Å². The summed E-state index contributed by atoms with van der Waals surface area (Å²) in [6.07, 6.45) is 1.11. The number of hydrogen-bond acceptors (Lipinski definition) is 3. The highest BCUT2D eigenvalue weighted by atomic mass is 16.5. The maximum absolute atomic E-state index is 11.6. The Bertz CT molecular complexity index is 433. The first kappa shape index (κ1) is 14.0. The van der Waals surface area contributed by atoms with Gasteiger partial charge in [-0.1, -0.05) is 30.3 Å². The molecule has 2 N–H and O–H groups in total. The Morgan fingerprint density at radius 3 is 2.42 bits per heavy atom. The van der Waals surface area contributed by atoms with Crippen LogP contribution in [-0.2, 0) is 15.1 Å². The average molecular weight is 264 g/mol. The van der Waals surface area contributed by atoms with E-state index in [1.54, 1.807) is 6.92 Å². The summed E-state index contributed by atoms with van der Waals surface area (Å²) in [4.78, 5) is 11.6. The largest absolute Gasteiger partial charge is 0.481 e. The molecule has 1 aromatic rings. The summed E-state index contributed by atoms with van der Waals surface area (Å²) in [6.45, 7) is 2.57. The molecule has 0 spiro atoms. The van der Waals surface area contributed by atoms with Crippen LogP contribution < -0.4 is 0 Å². The molecule has 1 unspecified atom stereocenters. The molecule has 0 saturated carbocycles. The highest BCUT2D eigenvalue weighted by molar-refractivity contribution is 5.75. The van der Waals surface area contributed by atoms with Crippen LogP contribution in [0.15, 0.2) is 30.3 Å². The van der Waals surface area contributed by atoms with E-state index < -0.39 is 17.0 Å². The van der Waals surface area contributed by atoms with Crippen LogP contribution >= 0.6 is 0 Å². The summed E-state index contributed by atoms with van der Waals surface area (Å²) in [5, 5.41) is 20.2. The minimum absolute atomic E-state index is 0.211. The standard InChI is InChI=1S/C15H20O4/c1-14(18,12-5-3-2-4-6-12)11-15(13(16)17)7-9-19-10-8-15/h2-6,18H,7-11H2,1H3,(H,16,17). The van der Waals surface area contributed by atoms with Crippen LogP contribution in [0, 0.1) is 5.41 Å². The Balaban J connectivity index is 2.23. The molecule has 4 nitrogen and oxygen atoms in total. The molecule has 0 radical (unpaired) electrons. The van der Waals surface area contributed by atoms with Gasteiger partial charge < -0.3 is 14.9 Å². The Kier molecular flexibility index (Phi) is 3.92. The van der Waals surface area contributed by atoms with Gasteiger partial charge in [0.1, 0.15) is 0 Å². The van der Waals surface area contributed by atoms with Crippen LogP contribution in [0.3, 0.4) is 0 Å². The van der Waals surface area contributed by atoms with Crippen LogP contribution in [0.2, 0.25) is 0 Å². The van der Waals surface area contributed by atoms with Crippen LogP contribution in [0.25, 0.3) is 0 Å². The Morgan fingerprint density at radius 2 is 1.89 bits per heavy atom. The van der Waals surface area contributed by atoms with Gasteiger partial charge in [-0.25, -0.2) is 0 Å². The smallest absolute Gasteiger partial charge is 0.309 e. The van der Waals surface area contributed by atoms with Gasteiger partial charge in [0.15, 0.2) is 0 Å². The molecule has 1 aliphatic rings. The van der Waals surface area contributed by atoms with Gasteiger partial charge in [0.05, 0.1) is 11.0 Å². The lowest BCUT2D eigenvalue weighted by atomic mass is 9.70. The Morgan fingerprint density at radius 1 is 1.32 bits per heavy atom. The third kappa shape index (κ3) is 2.96. The molecule has 2 rings (SSSR count). The zero-order valence-electron chi connectivity index (χ0n) is 11.1. The fourth-order valence-corrected chi connectivity index (χ4v) is 2.79. The molecule has 1 saturated heterocycles. The van der Waals surface area contributed by atoms with Crippen molar-refractivity contribution >= 4 is 5.97 Å². The minimum atomic E-state index is -1.14. The highest BCUT2D eigenvalue weighted by Crippen LogP contribution is 2.42. The van der Waals surface area contributed by atoms with Gasteiger partial charge in [-0.05, 0) is 31.7 Å². The zero-order valence-corrected chi connectivity index (χ0v) is 11.1. The van der Waals surface area contributed by atoms with Crippen molar-refractivity contribution in [2.45, 2.75) is 31.8 Å². The molecule has 0 aliphatic carbocycles. The van der Waals surface area contributed by atoms with Crippen LogP contribution in [-0.4, -0.2) is 29.4 Å². The summed E-state index contributed by atoms with van der Waals surface area (Å²) in [7, 11) is 0. The van der Waals surface area contributed by atoms with Crippen LogP contribution in [0.5, 0.6) is 0 Å². The monoisotopic (exact) mass is 264 g/mol. The van der Waals surface area contributed by atoms with Gasteiger partial charge in [0.25, 0.3) is 0 Å². The molecule has 0 bridgehead atoms. The number of carboxylic acid groups (broad SMARTS) is 1. The molecule has 0 aromatic heterocycles. The number of aliphatic hydroxyl groups is 1. The zero-order chi connectivity index (χ0) is 13.9. The molecule has 4 heteroatoms. The molecule has 19 heavy (non-hydrogen) atoms. The third-order valence-corrected chi connectivity index (χ3v) is 3.98. The first-order chi connectivity index (χ1) is 8.96. The van der Waals surface area contributed by atoms with Crippen molar-refractivity contribution in [2.24, 2.45) is 5.41 Å². The van der Waals surface area contributed by atoms with Crippen molar-refractivity contribution in [3.63, 3.8) is 0 Å². The Hall–Kier alpha value is -1.39. The van der Waals surface area contributed by atoms with Crippen molar-refractivity contribution in [1.29, 1.82) is 0 Å². The number of aliphatic carboxylic acids is 1. The number of ether oxygens (including phenoxy) is 1. The van der Waals surface area contributed by atoms with Gasteiger partial charge in [-0.2, -0.15) is 0 Å². The first-order valence-electron chi connectivity index (χ1n) is 6.55. The number of benzene rings is 1. The van der Waals surface area contributed by atoms with Gasteiger partial charge in [-0.15, -0.1) is 0 Å². The van der Waals surface area contributed by atoms with Gasteiger partial charge >= 0.3 is 5.97 Å². The lowest BCUT2D eigenvalue weighted by Gasteiger charge is -2.38. The van der Waals surface area contributed by atoms with E-state index in [0.717, 1.165) is 5.56 Å². The van der Waals surface area contributed by atoms with Crippen LogP contribution in [0.4, 0.5) is 0 Å². The normalized spacial score (nSPS) is 21.6. The fourth-order valence-electron chi connectivity index (χ4n) is 2.79. The van der Waals surface area contributed by atoms with E-state index in [4.69, 9.17) is 4.74 Å². The molecule has 1 atom stereocenters. The van der Waals surface area contributed by atoms with Crippen molar-refractivity contribution in [3.8, 4) is 0 Å². The SMILES string of the molecule is CC(O)(CC1(C(=O)O)CCOCC1)c1ccccc1. The number of carbonyl (C=O) groups is 1. The maximum atomic E-state index is 11.6. The van der Waals surface area contributed by atoms with E-state index in [0.29, 0.717) is 26.1 Å². The molecule has 1 fully saturated rings. The summed E-state index contributed by atoms with van der Waals surface area (Å²) in [5.41, 5.74) is -1.28. The molecule has 1 aliphatic heterocycles. The predicted octanol–water partition coefficient (Wildman–Crippen LogP) is 2.17. The second kappa shape index (κ2) is 5.31. The lowest BCUT2D eigenvalue weighted by Crippen LogP contribution is -2.42. The second-order valence-electron chi connectivity index (χ2n) is 5.51. The lowest BCUT2D eigenvalue weighted by molar-refractivity contribution is -0.161. The van der Waals surface area contributed by atoms with E-state index in [-0.39, 0.29) is 6.42 Å². The highest BCUT2D eigenvalue weighted by Gasteiger charge is 2.45. The van der Waals surface area contributed by atoms with Crippen molar-refractivity contribution in [2.75, 3.05) is 13.2 Å². The Labute approximate surface area is 113 Å². The van der Waals surface area contributed by atoms with E-state index in [1.807, 2.05) is 30.3 Å². The van der Waals surface area contributed by atoms with Gasteiger partial charge in [0, 0.05) is 13.2 Å². The number of carboxylic acids is 1. The van der Waals surface area contributed by atoms with E-state index in [2.05, 4.69) is 0 Å². The van der Waals surface area contributed by atoms with Gasteiger partial charge in [0.2, 0.25) is 0 Å². The first-order valence-corrected chi connectivity index (χ1v) is 6.55. The van der Waals surface area contributed by atoms with Crippen LogP contribution in [0.1, 0.15) is 31.7 Å². The molecule has 1 heterocycles. The summed E-state index contributed by atoms with van der Waals surface area (Å²) in [5.74, 6) is -0.841. The maximum Gasteiger partial charge on any atom is 0.309 e. The molecule has 1 aromatic carbocycles. The van der Waals surface area contributed by atoms with E-state index in [9.17, 15) is 15.0 Å². The molecule has 104 valence electrons. The van der Waals surface area contributed by atoms with E-state index >= 15 is 0 Å². The molecular formula is C15H20O4. The molecule has 0 amide bonds. The average Bonchev–Trinajstić information content (AvgIpc) is 2.40. The van der Waals surface area contributed by atoms with Crippen molar-refractivity contribution in [3.05, 3.63) is 35.9 Å². The summed E-state index contributed by atoms with van der Waals surface area (Å²) < 4.78 is 5.25. The minimum Gasteiger partial charge on any atom is -0.481 e. The predicted molar refractivity (Wildman–Crippen MR) is 70.8 cm³/mol.